The summed E-state index contributed by atoms with van der Waals surface area (Å²) in [5.41, 5.74) is 0. The van der Waals surface area contributed by atoms with E-state index in [9.17, 15) is 14.7 Å². The Hall–Kier alpha value is -2.62. The Kier molecular flexibility index (Phi) is 31.8. The highest BCUT2D eigenvalue weighted by atomic mass is 16.5. The number of aliphatic carboxylic acids is 1. The molecule has 0 radical (unpaired) electrons. The summed E-state index contributed by atoms with van der Waals surface area (Å²) in [6.45, 7) is 4.39. The number of unbranched alkanes of at least 4 members (excludes halogenated alkanes) is 11. The lowest BCUT2D eigenvalue weighted by Gasteiger charge is -2.16. The van der Waals surface area contributed by atoms with Gasteiger partial charge in [0.1, 0.15) is 6.10 Å². The molecule has 0 aromatic rings. The number of hydrogen-bond acceptors (Lipinski definition) is 3. The van der Waals surface area contributed by atoms with Crippen molar-refractivity contribution in [1.82, 2.24) is 0 Å². The third-order valence-corrected chi connectivity index (χ3v) is 7.18. The molecule has 0 saturated heterocycles. The number of carboxylic acid groups (broad SMARTS) is 1. The number of allylic oxidation sites excluding steroid dienone is 12. The van der Waals surface area contributed by atoms with E-state index in [-0.39, 0.29) is 12.4 Å². The average molecular weight is 597 g/mol. The zero-order chi connectivity index (χ0) is 31.5. The Labute approximate surface area is 265 Å². The molecule has 1 unspecified atom stereocenters. The first kappa shape index (κ1) is 40.4. The summed E-state index contributed by atoms with van der Waals surface area (Å²) in [5.74, 6) is -1.16. The summed E-state index contributed by atoms with van der Waals surface area (Å²) in [5, 5.41) is 9.20. The summed E-state index contributed by atoms with van der Waals surface area (Å²) in [7, 11) is 0. The summed E-state index contributed by atoms with van der Waals surface area (Å²) in [6.07, 6.45) is 47.7. The van der Waals surface area contributed by atoms with Crippen LogP contribution in [0.2, 0.25) is 0 Å². The average Bonchev–Trinajstić information content (AvgIpc) is 2.98. The molecule has 0 fully saturated rings. The van der Waals surface area contributed by atoms with Crippen molar-refractivity contribution in [2.75, 3.05) is 0 Å². The van der Waals surface area contributed by atoms with Gasteiger partial charge in [-0.1, -0.05) is 145 Å². The van der Waals surface area contributed by atoms with Crippen LogP contribution in [0.25, 0.3) is 0 Å². The van der Waals surface area contributed by atoms with Crippen molar-refractivity contribution in [3.8, 4) is 0 Å². The standard InChI is InChI=1S/C39H64O4/c1-3-5-7-9-11-13-15-16-17-18-19-20-21-22-23-24-25-27-29-31-33-35-39(42)43-37(36-38(40)41)34-32-30-28-26-14-12-10-8-6-4-2/h5,7,11,13,16-17,19-20,22-23,25,27,37H,3-4,6,8-10,12,14-15,18,21,24,26,28-36H2,1-2H3,(H,40,41)/b7-5-,13-11-,17-16-,20-19-,23-22-,27-25-. The van der Waals surface area contributed by atoms with E-state index in [0.717, 1.165) is 70.6 Å². The van der Waals surface area contributed by atoms with E-state index in [1.807, 2.05) is 0 Å². The van der Waals surface area contributed by atoms with Gasteiger partial charge in [0.25, 0.3) is 0 Å². The molecule has 0 bridgehead atoms. The summed E-state index contributed by atoms with van der Waals surface area (Å²) in [6, 6.07) is 0. The highest BCUT2D eigenvalue weighted by molar-refractivity contribution is 5.71. The minimum Gasteiger partial charge on any atom is -0.481 e. The topological polar surface area (TPSA) is 63.6 Å². The molecular weight excluding hydrogens is 532 g/mol. The van der Waals surface area contributed by atoms with Crippen LogP contribution in [0.5, 0.6) is 0 Å². The third-order valence-electron chi connectivity index (χ3n) is 7.18. The number of esters is 1. The van der Waals surface area contributed by atoms with Crippen LogP contribution in [0.1, 0.15) is 155 Å². The van der Waals surface area contributed by atoms with Gasteiger partial charge >= 0.3 is 11.9 Å². The van der Waals surface area contributed by atoms with Crippen LogP contribution in [0.15, 0.2) is 72.9 Å². The second-order valence-electron chi connectivity index (χ2n) is 11.3. The highest BCUT2D eigenvalue weighted by Gasteiger charge is 2.17. The molecule has 1 atom stereocenters. The molecule has 0 aromatic heterocycles. The molecule has 1 N–H and O–H groups in total. The van der Waals surface area contributed by atoms with Gasteiger partial charge in [-0.3, -0.25) is 9.59 Å². The number of ether oxygens (including phenoxy) is 1. The van der Waals surface area contributed by atoms with Gasteiger partial charge in [0, 0.05) is 6.42 Å². The first-order valence-corrected chi connectivity index (χ1v) is 17.4. The van der Waals surface area contributed by atoms with Gasteiger partial charge in [-0.05, 0) is 70.6 Å². The summed E-state index contributed by atoms with van der Waals surface area (Å²) < 4.78 is 5.53. The van der Waals surface area contributed by atoms with E-state index in [4.69, 9.17) is 4.74 Å². The minimum atomic E-state index is -0.900. The Morgan fingerprint density at radius 3 is 1.47 bits per heavy atom. The molecule has 0 spiro atoms. The van der Waals surface area contributed by atoms with E-state index in [1.54, 1.807) is 0 Å². The fourth-order valence-corrected chi connectivity index (χ4v) is 4.67. The van der Waals surface area contributed by atoms with Crippen LogP contribution in [0, 0.1) is 0 Å². The highest BCUT2D eigenvalue weighted by Crippen LogP contribution is 2.16. The van der Waals surface area contributed by atoms with Crippen molar-refractivity contribution in [3.05, 3.63) is 72.9 Å². The predicted octanol–water partition coefficient (Wildman–Crippen LogP) is 11.9. The lowest BCUT2D eigenvalue weighted by Crippen LogP contribution is -2.21. The zero-order valence-corrected chi connectivity index (χ0v) is 27.7. The van der Waals surface area contributed by atoms with Crippen molar-refractivity contribution in [2.24, 2.45) is 0 Å². The molecule has 0 aliphatic heterocycles. The summed E-state index contributed by atoms with van der Waals surface area (Å²) >= 11 is 0. The van der Waals surface area contributed by atoms with Gasteiger partial charge in [0.05, 0.1) is 6.42 Å². The second kappa shape index (κ2) is 33.9. The molecule has 0 saturated carbocycles. The molecule has 0 aromatic carbocycles. The summed E-state index contributed by atoms with van der Waals surface area (Å²) in [4.78, 5) is 23.5. The predicted molar refractivity (Wildman–Crippen MR) is 185 cm³/mol. The van der Waals surface area contributed by atoms with Gasteiger partial charge in [-0.25, -0.2) is 0 Å². The fraction of sp³-hybridized carbons (Fsp3) is 0.641. The Morgan fingerprint density at radius 1 is 0.558 bits per heavy atom. The number of carbonyl (C=O) groups excluding carboxylic acids is 1. The number of carbonyl (C=O) groups is 2. The molecule has 0 heterocycles. The molecular formula is C39H64O4. The molecule has 43 heavy (non-hydrogen) atoms. The van der Waals surface area contributed by atoms with Crippen LogP contribution in [0.3, 0.4) is 0 Å². The molecule has 244 valence electrons. The Balaban J connectivity index is 3.82. The Morgan fingerprint density at radius 2 is 1.00 bits per heavy atom. The zero-order valence-electron chi connectivity index (χ0n) is 27.7. The van der Waals surface area contributed by atoms with E-state index in [0.29, 0.717) is 12.8 Å². The van der Waals surface area contributed by atoms with Crippen molar-refractivity contribution in [2.45, 2.75) is 161 Å². The van der Waals surface area contributed by atoms with Crippen LogP contribution < -0.4 is 0 Å². The quantitative estimate of drug-likeness (QED) is 0.0509. The molecule has 0 aliphatic rings. The molecule has 0 amide bonds. The molecule has 0 rings (SSSR count). The number of hydrogen-bond donors (Lipinski definition) is 1. The van der Waals surface area contributed by atoms with E-state index in [1.165, 1.54) is 51.4 Å². The molecule has 0 aliphatic carbocycles. The van der Waals surface area contributed by atoms with Gasteiger partial charge in [0.2, 0.25) is 0 Å². The SMILES string of the molecule is CC/C=C\C/C=C\C/C=C\C/C=C\C/C=C\C/C=C\CCCCC(=O)OC(CCCCCCCCCCCC)CC(=O)O. The van der Waals surface area contributed by atoms with Crippen molar-refractivity contribution < 1.29 is 19.4 Å². The number of rotatable bonds is 30. The number of carboxylic acids is 1. The monoisotopic (exact) mass is 596 g/mol. The smallest absolute Gasteiger partial charge is 0.307 e. The van der Waals surface area contributed by atoms with E-state index < -0.39 is 12.1 Å². The normalized spacial score (nSPS) is 13.2. The van der Waals surface area contributed by atoms with Crippen LogP contribution in [-0.2, 0) is 14.3 Å². The van der Waals surface area contributed by atoms with Crippen LogP contribution in [0.4, 0.5) is 0 Å². The molecule has 4 nitrogen and oxygen atoms in total. The fourth-order valence-electron chi connectivity index (χ4n) is 4.67. The van der Waals surface area contributed by atoms with E-state index >= 15 is 0 Å². The maximum Gasteiger partial charge on any atom is 0.307 e. The van der Waals surface area contributed by atoms with Crippen molar-refractivity contribution >= 4 is 11.9 Å². The van der Waals surface area contributed by atoms with Gasteiger partial charge in [-0.2, -0.15) is 0 Å². The minimum absolute atomic E-state index is 0.0955. The first-order chi connectivity index (χ1) is 21.1. The maximum absolute atomic E-state index is 12.3. The first-order valence-electron chi connectivity index (χ1n) is 17.4. The van der Waals surface area contributed by atoms with Crippen molar-refractivity contribution in [3.63, 3.8) is 0 Å². The third kappa shape index (κ3) is 33.7. The van der Waals surface area contributed by atoms with E-state index in [2.05, 4.69) is 86.8 Å². The maximum atomic E-state index is 12.3. The van der Waals surface area contributed by atoms with Gasteiger partial charge < -0.3 is 9.84 Å². The lowest BCUT2D eigenvalue weighted by atomic mass is 10.0. The Bertz CT molecular complexity index is 815. The second-order valence-corrected chi connectivity index (χ2v) is 11.3. The van der Waals surface area contributed by atoms with Crippen LogP contribution >= 0.6 is 0 Å². The largest absolute Gasteiger partial charge is 0.481 e. The molecule has 4 heteroatoms. The van der Waals surface area contributed by atoms with Crippen LogP contribution in [-0.4, -0.2) is 23.1 Å². The van der Waals surface area contributed by atoms with Gasteiger partial charge in [-0.15, -0.1) is 0 Å². The van der Waals surface area contributed by atoms with Crippen molar-refractivity contribution in [1.29, 1.82) is 0 Å². The van der Waals surface area contributed by atoms with Gasteiger partial charge in [0.15, 0.2) is 0 Å². The lowest BCUT2D eigenvalue weighted by molar-refractivity contribution is -0.153.